The number of nitrogens with zero attached hydrogens (tertiary/aromatic N) is 1. The van der Waals surface area contributed by atoms with Crippen LogP contribution in [0.15, 0.2) is 18.3 Å². The largest absolute Gasteiger partial charge is 0.397 e. The van der Waals surface area contributed by atoms with Crippen LogP contribution in [0.4, 0.5) is 11.4 Å². The second-order valence-electron chi connectivity index (χ2n) is 5.56. The number of nitrogens with two attached hydrogens (primary N) is 1. The number of rotatable bonds is 3. The van der Waals surface area contributed by atoms with E-state index in [1.54, 1.807) is 6.20 Å². The Kier molecular flexibility index (Phi) is 2.86. The van der Waals surface area contributed by atoms with Crippen molar-refractivity contribution < 1.29 is 0 Å². The lowest BCUT2D eigenvalue weighted by Crippen LogP contribution is -2.12. The van der Waals surface area contributed by atoms with Gasteiger partial charge >= 0.3 is 0 Å². The smallest absolute Gasteiger partial charge is 0.0672 e. The molecule has 0 amide bonds. The average molecular weight is 244 g/mol. The number of aromatic amines is 1. The van der Waals surface area contributed by atoms with Crippen LogP contribution in [0.5, 0.6) is 0 Å². The zero-order chi connectivity index (χ0) is 12.5. The van der Waals surface area contributed by atoms with Crippen molar-refractivity contribution >= 4 is 22.3 Å². The van der Waals surface area contributed by atoms with Gasteiger partial charge in [-0.2, -0.15) is 5.10 Å². The van der Waals surface area contributed by atoms with Crippen LogP contribution in [0.2, 0.25) is 0 Å². The molecule has 1 heterocycles. The molecule has 4 N–H and O–H groups in total. The summed E-state index contributed by atoms with van der Waals surface area (Å²) >= 11 is 0. The third kappa shape index (κ3) is 2.15. The van der Waals surface area contributed by atoms with Gasteiger partial charge in [-0.3, -0.25) is 5.10 Å². The second-order valence-corrected chi connectivity index (χ2v) is 5.56. The van der Waals surface area contributed by atoms with Crippen molar-refractivity contribution in [2.75, 3.05) is 17.6 Å². The number of anilines is 2. The predicted molar refractivity (Wildman–Crippen MR) is 75.5 cm³/mol. The van der Waals surface area contributed by atoms with Gasteiger partial charge in [-0.25, -0.2) is 0 Å². The van der Waals surface area contributed by atoms with Gasteiger partial charge in [-0.15, -0.1) is 0 Å². The second kappa shape index (κ2) is 4.52. The quantitative estimate of drug-likeness (QED) is 0.727. The van der Waals surface area contributed by atoms with Gasteiger partial charge in [0, 0.05) is 11.9 Å². The molecule has 3 rings (SSSR count). The Morgan fingerprint density at radius 2 is 2.33 bits per heavy atom. The minimum Gasteiger partial charge on any atom is -0.397 e. The number of benzene rings is 1. The SMILES string of the molecule is CC1CCC(CNc2cc3[nH]ncc3cc2N)C1. The number of nitrogens with one attached hydrogen (secondary N) is 2. The summed E-state index contributed by atoms with van der Waals surface area (Å²) in [6.45, 7) is 3.36. The Hall–Kier alpha value is -1.71. The van der Waals surface area contributed by atoms with Crippen molar-refractivity contribution in [3.8, 4) is 0 Å². The molecule has 1 saturated carbocycles. The number of hydrogen-bond acceptors (Lipinski definition) is 3. The first kappa shape index (κ1) is 11.4. The molecule has 96 valence electrons. The molecular formula is C14H20N4. The minimum absolute atomic E-state index is 0.789. The number of aromatic nitrogens is 2. The van der Waals surface area contributed by atoms with E-state index in [2.05, 4.69) is 28.5 Å². The summed E-state index contributed by atoms with van der Waals surface area (Å²) in [6.07, 6.45) is 5.83. The molecule has 0 radical (unpaired) electrons. The zero-order valence-electron chi connectivity index (χ0n) is 10.7. The highest BCUT2D eigenvalue weighted by atomic mass is 15.1. The van der Waals surface area contributed by atoms with Crippen molar-refractivity contribution in [2.24, 2.45) is 11.8 Å². The van der Waals surface area contributed by atoms with Crippen molar-refractivity contribution in [1.29, 1.82) is 0 Å². The van der Waals surface area contributed by atoms with Gasteiger partial charge in [0.1, 0.15) is 0 Å². The molecule has 18 heavy (non-hydrogen) atoms. The fourth-order valence-electron chi connectivity index (χ4n) is 2.93. The maximum absolute atomic E-state index is 6.05. The summed E-state index contributed by atoms with van der Waals surface area (Å²) in [5.74, 6) is 1.67. The van der Waals surface area contributed by atoms with Gasteiger partial charge in [0.2, 0.25) is 0 Å². The first-order chi connectivity index (χ1) is 8.72. The van der Waals surface area contributed by atoms with Gasteiger partial charge < -0.3 is 11.1 Å². The molecule has 1 aromatic heterocycles. The highest BCUT2D eigenvalue weighted by Gasteiger charge is 2.21. The number of fused-ring (bicyclic) bond motifs is 1. The molecule has 4 nitrogen and oxygen atoms in total. The Labute approximate surface area is 107 Å². The third-order valence-corrected chi connectivity index (χ3v) is 3.99. The van der Waals surface area contributed by atoms with Crippen LogP contribution < -0.4 is 11.1 Å². The normalized spacial score (nSPS) is 23.6. The molecule has 1 aliphatic rings. The molecule has 1 aliphatic carbocycles. The van der Waals surface area contributed by atoms with Crippen LogP contribution in [0.3, 0.4) is 0 Å². The Balaban J connectivity index is 1.71. The molecule has 0 spiro atoms. The summed E-state index contributed by atoms with van der Waals surface area (Å²) in [5.41, 5.74) is 8.91. The van der Waals surface area contributed by atoms with Crippen LogP contribution in [0.25, 0.3) is 10.9 Å². The van der Waals surface area contributed by atoms with E-state index in [0.29, 0.717) is 0 Å². The standard InChI is InChI=1S/C14H20N4/c1-9-2-3-10(4-9)7-16-14-6-13-11(5-12(14)15)8-17-18-13/h5-6,8-10,16H,2-4,7,15H2,1H3,(H,17,18). The van der Waals surface area contributed by atoms with Gasteiger partial charge in [0.15, 0.2) is 0 Å². The van der Waals surface area contributed by atoms with E-state index in [1.807, 2.05) is 6.07 Å². The van der Waals surface area contributed by atoms with E-state index < -0.39 is 0 Å². The van der Waals surface area contributed by atoms with Gasteiger partial charge in [-0.1, -0.05) is 13.3 Å². The molecule has 2 aromatic rings. The predicted octanol–water partition coefficient (Wildman–Crippen LogP) is 2.99. The molecule has 2 atom stereocenters. The van der Waals surface area contributed by atoms with Crippen molar-refractivity contribution in [3.63, 3.8) is 0 Å². The Morgan fingerprint density at radius 3 is 3.11 bits per heavy atom. The first-order valence-electron chi connectivity index (χ1n) is 6.69. The lowest BCUT2D eigenvalue weighted by molar-refractivity contribution is 0.537. The van der Waals surface area contributed by atoms with E-state index in [9.17, 15) is 0 Å². The molecule has 0 bridgehead atoms. The molecule has 0 aliphatic heterocycles. The Bertz CT molecular complexity index is 546. The van der Waals surface area contributed by atoms with Crippen LogP contribution >= 0.6 is 0 Å². The maximum atomic E-state index is 6.05. The molecule has 1 aromatic carbocycles. The number of H-pyrrole nitrogens is 1. The van der Waals surface area contributed by atoms with E-state index >= 15 is 0 Å². The zero-order valence-corrected chi connectivity index (χ0v) is 10.7. The third-order valence-electron chi connectivity index (χ3n) is 3.99. The Morgan fingerprint density at radius 1 is 1.44 bits per heavy atom. The van der Waals surface area contributed by atoms with Crippen LogP contribution in [0, 0.1) is 11.8 Å². The highest BCUT2D eigenvalue weighted by Crippen LogP contribution is 2.31. The number of nitrogen functional groups attached to an aromatic ring is 1. The lowest BCUT2D eigenvalue weighted by Gasteiger charge is -2.14. The summed E-state index contributed by atoms with van der Waals surface area (Å²) in [7, 11) is 0. The van der Waals surface area contributed by atoms with E-state index in [0.717, 1.165) is 40.7 Å². The van der Waals surface area contributed by atoms with E-state index in [-0.39, 0.29) is 0 Å². The molecular weight excluding hydrogens is 224 g/mol. The molecule has 0 saturated heterocycles. The van der Waals surface area contributed by atoms with Crippen molar-refractivity contribution in [3.05, 3.63) is 18.3 Å². The van der Waals surface area contributed by atoms with Crippen molar-refractivity contribution in [1.82, 2.24) is 10.2 Å². The average Bonchev–Trinajstić information content (AvgIpc) is 2.94. The highest BCUT2D eigenvalue weighted by molar-refractivity contribution is 5.88. The van der Waals surface area contributed by atoms with Crippen LogP contribution in [-0.4, -0.2) is 16.7 Å². The summed E-state index contributed by atoms with van der Waals surface area (Å²) in [5, 5.41) is 11.5. The molecule has 1 fully saturated rings. The number of hydrogen-bond donors (Lipinski definition) is 3. The monoisotopic (exact) mass is 244 g/mol. The first-order valence-corrected chi connectivity index (χ1v) is 6.69. The van der Waals surface area contributed by atoms with Crippen molar-refractivity contribution in [2.45, 2.75) is 26.2 Å². The summed E-state index contributed by atoms with van der Waals surface area (Å²) in [4.78, 5) is 0. The van der Waals surface area contributed by atoms with E-state index in [1.165, 1.54) is 19.3 Å². The summed E-state index contributed by atoms with van der Waals surface area (Å²) in [6, 6.07) is 4.02. The molecule has 2 unspecified atom stereocenters. The van der Waals surface area contributed by atoms with Crippen LogP contribution in [-0.2, 0) is 0 Å². The minimum atomic E-state index is 0.789. The fourth-order valence-corrected chi connectivity index (χ4v) is 2.93. The van der Waals surface area contributed by atoms with Gasteiger partial charge in [0.25, 0.3) is 0 Å². The van der Waals surface area contributed by atoms with Gasteiger partial charge in [0.05, 0.1) is 23.1 Å². The summed E-state index contributed by atoms with van der Waals surface area (Å²) < 4.78 is 0. The lowest BCUT2D eigenvalue weighted by atomic mass is 10.1. The van der Waals surface area contributed by atoms with Gasteiger partial charge in [-0.05, 0) is 36.8 Å². The molecule has 4 heteroatoms. The fraction of sp³-hybridized carbons (Fsp3) is 0.500. The maximum Gasteiger partial charge on any atom is 0.0672 e. The van der Waals surface area contributed by atoms with E-state index in [4.69, 9.17) is 5.73 Å². The van der Waals surface area contributed by atoms with Crippen LogP contribution in [0.1, 0.15) is 26.2 Å². The topological polar surface area (TPSA) is 66.7 Å².